The number of nitrogens with zero attached hydrogens (tertiary/aromatic N) is 3. The maximum Gasteiger partial charge on any atom is 0.416 e. The summed E-state index contributed by atoms with van der Waals surface area (Å²) in [5, 5.41) is 9.33. The molecule has 1 heterocycles. The van der Waals surface area contributed by atoms with Gasteiger partial charge in [0.1, 0.15) is 0 Å². The molecule has 0 aliphatic heterocycles. The van der Waals surface area contributed by atoms with Crippen LogP contribution in [0.2, 0.25) is 0 Å². The minimum absolute atomic E-state index is 0.119. The van der Waals surface area contributed by atoms with Gasteiger partial charge in [-0.15, -0.1) is 0 Å². The maximum absolute atomic E-state index is 13.1. The van der Waals surface area contributed by atoms with E-state index in [1.165, 1.54) is 10.6 Å². The van der Waals surface area contributed by atoms with Crippen LogP contribution in [0.1, 0.15) is 31.9 Å². The summed E-state index contributed by atoms with van der Waals surface area (Å²) >= 11 is 0. The largest absolute Gasteiger partial charge is 0.416 e. The van der Waals surface area contributed by atoms with Gasteiger partial charge in [-0.1, -0.05) is 26.8 Å². The van der Waals surface area contributed by atoms with Crippen molar-refractivity contribution in [1.29, 1.82) is 5.26 Å². The fourth-order valence-electron chi connectivity index (χ4n) is 3.26. The molecule has 3 rings (SSSR count). The predicted molar refractivity (Wildman–Crippen MR) is 102 cm³/mol. The second kappa shape index (κ2) is 6.55. The Morgan fingerprint density at radius 2 is 1.71 bits per heavy atom. The monoisotopic (exact) mass is 387 g/mol. The number of imidazole rings is 1. The lowest BCUT2D eigenvalue weighted by molar-refractivity contribution is -0.137. The van der Waals surface area contributed by atoms with Gasteiger partial charge in [-0.05, 0) is 41.3 Å². The third-order valence-electron chi connectivity index (χ3n) is 4.56. The third-order valence-corrected chi connectivity index (χ3v) is 4.56. The standard InChI is InChI=1S/C21H20F3N3O/c1-20(2,3)12-27-17-8-6-13(9-18(17)26(4)19(27)28)16-10-15(21(22,23)24)7-5-14(16)11-25/h5-10H,12H2,1-4H3. The number of hydrogen-bond acceptors (Lipinski definition) is 2. The zero-order valence-corrected chi connectivity index (χ0v) is 16.1. The lowest BCUT2D eigenvalue weighted by Crippen LogP contribution is -2.27. The SMILES string of the molecule is Cn1c(=O)n(CC(C)(C)C)c2ccc(-c3cc(C(F)(F)F)ccc3C#N)cc21. The molecule has 1 aromatic heterocycles. The summed E-state index contributed by atoms with van der Waals surface area (Å²) in [6, 6.07) is 10.0. The van der Waals surface area contributed by atoms with Crippen molar-refractivity contribution in [2.24, 2.45) is 12.5 Å². The van der Waals surface area contributed by atoms with E-state index in [0.29, 0.717) is 23.1 Å². The van der Waals surface area contributed by atoms with Crippen molar-refractivity contribution in [3.8, 4) is 17.2 Å². The lowest BCUT2D eigenvalue weighted by atomic mass is 9.96. The first-order chi connectivity index (χ1) is 12.9. The summed E-state index contributed by atoms with van der Waals surface area (Å²) in [4.78, 5) is 12.6. The van der Waals surface area contributed by atoms with Crippen LogP contribution >= 0.6 is 0 Å². The molecule has 0 fully saturated rings. The molecule has 0 unspecified atom stereocenters. The van der Waals surface area contributed by atoms with Crippen molar-refractivity contribution in [2.45, 2.75) is 33.5 Å². The number of rotatable bonds is 2. The topological polar surface area (TPSA) is 50.7 Å². The fraction of sp³-hybridized carbons (Fsp3) is 0.333. The maximum atomic E-state index is 13.1. The molecule has 0 saturated carbocycles. The van der Waals surface area contributed by atoms with Crippen LogP contribution in [0, 0.1) is 16.7 Å². The molecule has 0 amide bonds. The number of hydrogen-bond donors (Lipinski definition) is 0. The second-order valence-corrected chi connectivity index (χ2v) is 8.06. The number of alkyl halides is 3. The van der Waals surface area contributed by atoms with Gasteiger partial charge in [-0.3, -0.25) is 9.13 Å². The summed E-state index contributed by atoms with van der Waals surface area (Å²) in [5.41, 5.74) is 0.976. The highest BCUT2D eigenvalue weighted by atomic mass is 19.4. The highest BCUT2D eigenvalue weighted by Gasteiger charge is 2.31. The average molecular weight is 387 g/mol. The van der Waals surface area contributed by atoms with E-state index in [1.54, 1.807) is 29.8 Å². The Labute approximate surface area is 160 Å². The summed E-state index contributed by atoms with van der Waals surface area (Å²) in [6.45, 7) is 6.58. The Balaban J connectivity index is 2.23. The zero-order valence-electron chi connectivity index (χ0n) is 16.1. The van der Waals surface area contributed by atoms with Gasteiger partial charge in [-0.25, -0.2) is 4.79 Å². The van der Waals surface area contributed by atoms with Crippen LogP contribution in [-0.4, -0.2) is 9.13 Å². The number of aromatic nitrogens is 2. The van der Waals surface area contributed by atoms with Gasteiger partial charge < -0.3 is 0 Å². The number of fused-ring (bicyclic) bond motifs is 1. The summed E-state index contributed by atoms with van der Waals surface area (Å²) < 4.78 is 42.5. The Morgan fingerprint density at radius 3 is 2.29 bits per heavy atom. The lowest BCUT2D eigenvalue weighted by Gasteiger charge is -2.18. The highest BCUT2D eigenvalue weighted by molar-refractivity contribution is 5.84. The smallest absolute Gasteiger partial charge is 0.295 e. The van der Waals surface area contributed by atoms with E-state index in [0.717, 1.165) is 12.1 Å². The van der Waals surface area contributed by atoms with Crippen LogP contribution in [-0.2, 0) is 19.8 Å². The Kier molecular flexibility index (Phi) is 4.62. The van der Waals surface area contributed by atoms with Crippen LogP contribution in [0.3, 0.4) is 0 Å². The van der Waals surface area contributed by atoms with Crippen LogP contribution in [0.4, 0.5) is 13.2 Å². The Bertz CT molecular complexity index is 1160. The Hall–Kier alpha value is -3.01. The second-order valence-electron chi connectivity index (χ2n) is 8.06. The molecule has 0 spiro atoms. The quantitative estimate of drug-likeness (QED) is 0.625. The minimum atomic E-state index is -4.50. The van der Waals surface area contributed by atoms with E-state index >= 15 is 0 Å². The van der Waals surface area contributed by atoms with Crippen molar-refractivity contribution in [1.82, 2.24) is 9.13 Å². The molecule has 0 bridgehead atoms. The van der Waals surface area contributed by atoms with Crippen molar-refractivity contribution in [2.75, 3.05) is 0 Å². The van der Waals surface area contributed by atoms with Crippen molar-refractivity contribution in [3.05, 3.63) is 58.0 Å². The summed E-state index contributed by atoms with van der Waals surface area (Å²) in [5.74, 6) is 0. The normalized spacial score (nSPS) is 12.4. The molecule has 0 aliphatic rings. The third kappa shape index (κ3) is 3.55. The molecule has 0 atom stereocenters. The van der Waals surface area contributed by atoms with E-state index in [2.05, 4.69) is 0 Å². The molecule has 0 radical (unpaired) electrons. The highest BCUT2D eigenvalue weighted by Crippen LogP contribution is 2.35. The molecule has 0 aliphatic carbocycles. The number of benzene rings is 2. The molecule has 4 nitrogen and oxygen atoms in total. The van der Waals surface area contributed by atoms with Gasteiger partial charge in [0.05, 0.1) is 28.2 Å². The van der Waals surface area contributed by atoms with Crippen molar-refractivity contribution < 1.29 is 13.2 Å². The van der Waals surface area contributed by atoms with Gasteiger partial charge in [0.15, 0.2) is 0 Å². The minimum Gasteiger partial charge on any atom is -0.295 e. The van der Waals surface area contributed by atoms with Gasteiger partial charge in [0, 0.05) is 19.2 Å². The van der Waals surface area contributed by atoms with E-state index < -0.39 is 11.7 Å². The van der Waals surface area contributed by atoms with Gasteiger partial charge >= 0.3 is 11.9 Å². The van der Waals surface area contributed by atoms with Crippen molar-refractivity contribution in [3.63, 3.8) is 0 Å². The average Bonchev–Trinajstić information content (AvgIpc) is 2.83. The number of nitriles is 1. The molecule has 146 valence electrons. The molecule has 3 aromatic rings. The summed E-state index contributed by atoms with van der Waals surface area (Å²) in [6.07, 6.45) is -4.50. The van der Waals surface area contributed by atoms with Crippen LogP contribution < -0.4 is 5.69 Å². The van der Waals surface area contributed by atoms with E-state index in [4.69, 9.17) is 0 Å². The predicted octanol–water partition coefficient (Wildman–Crippen LogP) is 4.94. The Morgan fingerprint density at radius 1 is 1.04 bits per heavy atom. The number of aryl methyl sites for hydroxylation is 1. The first kappa shape index (κ1) is 19.7. The van der Waals surface area contributed by atoms with E-state index in [-0.39, 0.29) is 22.2 Å². The van der Waals surface area contributed by atoms with Crippen LogP contribution in [0.5, 0.6) is 0 Å². The van der Waals surface area contributed by atoms with E-state index in [1.807, 2.05) is 26.8 Å². The fourth-order valence-corrected chi connectivity index (χ4v) is 3.26. The molecule has 2 aromatic carbocycles. The molecule has 0 saturated heterocycles. The molecular formula is C21H20F3N3O. The number of halogens is 3. The van der Waals surface area contributed by atoms with Gasteiger partial charge in [0.2, 0.25) is 0 Å². The first-order valence-electron chi connectivity index (χ1n) is 8.73. The van der Waals surface area contributed by atoms with Crippen LogP contribution in [0.25, 0.3) is 22.2 Å². The molecule has 0 N–H and O–H groups in total. The first-order valence-corrected chi connectivity index (χ1v) is 8.73. The molecule has 7 heteroatoms. The molecular weight excluding hydrogens is 367 g/mol. The van der Waals surface area contributed by atoms with Crippen molar-refractivity contribution >= 4 is 11.0 Å². The molecule has 28 heavy (non-hydrogen) atoms. The van der Waals surface area contributed by atoms with Gasteiger partial charge in [-0.2, -0.15) is 18.4 Å². The van der Waals surface area contributed by atoms with Gasteiger partial charge in [0.25, 0.3) is 0 Å². The van der Waals surface area contributed by atoms with Crippen LogP contribution in [0.15, 0.2) is 41.2 Å². The zero-order chi connectivity index (χ0) is 20.9. The van der Waals surface area contributed by atoms with E-state index in [9.17, 15) is 23.2 Å². The summed E-state index contributed by atoms with van der Waals surface area (Å²) in [7, 11) is 1.63.